The van der Waals surface area contributed by atoms with E-state index in [4.69, 9.17) is 5.73 Å². The lowest BCUT2D eigenvalue weighted by Gasteiger charge is -2.18. The van der Waals surface area contributed by atoms with E-state index in [0.29, 0.717) is 19.6 Å². The summed E-state index contributed by atoms with van der Waals surface area (Å²) in [7, 11) is 0. The number of amides is 2. The van der Waals surface area contributed by atoms with Crippen molar-refractivity contribution in [2.75, 3.05) is 24.5 Å². The topological polar surface area (TPSA) is 75.4 Å². The summed E-state index contributed by atoms with van der Waals surface area (Å²) >= 11 is 3.44. The zero-order valence-electron chi connectivity index (χ0n) is 11.8. The molecule has 1 aliphatic rings. The minimum absolute atomic E-state index is 0.0102. The van der Waals surface area contributed by atoms with Crippen molar-refractivity contribution in [3.05, 3.63) is 28.7 Å². The molecule has 1 fully saturated rings. The van der Waals surface area contributed by atoms with Crippen LogP contribution in [-0.4, -0.2) is 31.4 Å². The molecule has 3 N–H and O–H groups in total. The number of anilines is 1. The lowest BCUT2D eigenvalue weighted by Crippen LogP contribution is -2.33. The molecule has 1 aliphatic heterocycles. The number of halogens is 1. The molecule has 0 aliphatic carbocycles. The fourth-order valence-corrected chi connectivity index (χ4v) is 2.91. The largest absolute Gasteiger partial charge is 0.356 e. The van der Waals surface area contributed by atoms with Crippen LogP contribution in [-0.2, 0) is 9.59 Å². The third kappa shape index (κ3) is 4.04. The fourth-order valence-electron chi connectivity index (χ4n) is 2.41. The van der Waals surface area contributed by atoms with Crippen molar-refractivity contribution >= 4 is 33.4 Å². The molecule has 2 amide bonds. The normalized spacial score (nSPS) is 18.1. The van der Waals surface area contributed by atoms with Crippen molar-refractivity contribution in [2.24, 2.45) is 11.7 Å². The molecule has 1 heterocycles. The number of nitrogens with two attached hydrogens (primary N) is 1. The van der Waals surface area contributed by atoms with Gasteiger partial charge in [-0.15, -0.1) is 0 Å². The molecule has 1 aromatic carbocycles. The van der Waals surface area contributed by atoms with Gasteiger partial charge in [-0.25, -0.2) is 0 Å². The van der Waals surface area contributed by atoms with Crippen molar-refractivity contribution in [1.82, 2.24) is 5.32 Å². The smallest absolute Gasteiger partial charge is 0.227 e. The molecular weight excluding hydrogens is 334 g/mol. The van der Waals surface area contributed by atoms with Crippen LogP contribution in [0.25, 0.3) is 0 Å². The molecule has 0 aromatic heterocycles. The van der Waals surface area contributed by atoms with Crippen LogP contribution < -0.4 is 16.0 Å². The van der Waals surface area contributed by atoms with Gasteiger partial charge in [-0.2, -0.15) is 0 Å². The Morgan fingerprint density at radius 3 is 2.86 bits per heavy atom. The minimum atomic E-state index is -0.275. The van der Waals surface area contributed by atoms with Gasteiger partial charge in [0.05, 0.1) is 11.6 Å². The van der Waals surface area contributed by atoms with E-state index in [1.807, 2.05) is 24.3 Å². The predicted molar refractivity (Wildman–Crippen MR) is 85.9 cm³/mol. The third-order valence-corrected chi connectivity index (χ3v) is 4.24. The number of rotatable bonds is 6. The first-order valence-electron chi connectivity index (χ1n) is 7.16. The number of nitrogens with zero attached hydrogens (tertiary/aromatic N) is 1. The van der Waals surface area contributed by atoms with Crippen LogP contribution in [0.15, 0.2) is 28.7 Å². The molecule has 21 heavy (non-hydrogen) atoms. The summed E-state index contributed by atoms with van der Waals surface area (Å²) in [6.45, 7) is 1.69. The molecule has 0 spiro atoms. The van der Waals surface area contributed by atoms with Crippen LogP contribution in [0.2, 0.25) is 0 Å². The van der Waals surface area contributed by atoms with E-state index in [-0.39, 0.29) is 24.2 Å². The van der Waals surface area contributed by atoms with E-state index in [9.17, 15) is 9.59 Å². The molecule has 0 radical (unpaired) electrons. The van der Waals surface area contributed by atoms with Crippen molar-refractivity contribution in [1.29, 1.82) is 0 Å². The van der Waals surface area contributed by atoms with Crippen LogP contribution in [0, 0.1) is 5.92 Å². The molecule has 1 aromatic rings. The molecule has 114 valence electrons. The number of para-hydroxylation sites is 1. The van der Waals surface area contributed by atoms with Crippen LogP contribution in [0.3, 0.4) is 0 Å². The second-order valence-electron chi connectivity index (χ2n) is 5.14. The zero-order chi connectivity index (χ0) is 15.2. The Bertz CT molecular complexity index is 521. The molecule has 1 saturated heterocycles. The van der Waals surface area contributed by atoms with E-state index in [0.717, 1.165) is 23.0 Å². The van der Waals surface area contributed by atoms with E-state index in [1.165, 1.54) is 0 Å². The number of benzene rings is 1. The Balaban J connectivity index is 1.93. The molecule has 1 unspecified atom stereocenters. The zero-order valence-corrected chi connectivity index (χ0v) is 13.4. The molecule has 6 heteroatoms. The summed E-state index contributed by atoms with van der Waals surface area (Å²) in [4.78, 5) is 25.9. The first-order valence-corrected chi connectivity index (χ1v) is 7.95. The Morgan fingerprint density at radius 1 is 1.38 bits per heavy atom. The first kappa shape index (κ1) is 16.0. The van der Waals surface area contributed by atoms with Gasteiger partial charge < -0.3 is 16.0 Å². The van der Waals surface area contributed by atoms with Gasteiger partial charge in [0.2, 0.25) is 11.8 Å². The quantitative estimate of drug-likeness (QED) is 0.763. The van der Waals surface area contributed by atoms with Gasteiger partial charge in [0, 0.05) is 24.0 Å². The summed E-state index contributed by atoms with van der Waals surface area (Å²) in [6.07, 6.45) is 2.04. The van der Waals surface area contributed by atoms with Crippen LogP contribution in [0.5, 0.6) is 0 Å². The summed E-state index contributed by atoms with van der Waals surface area (Å²) in [5, 5.41) is 2.88. The number of nitrogens with one attached hydrogen (secondary N) is 1. The minimum Gasteiger partial charge on any atom is -0.356 e. The molecule has 2 rings (SSSR count). The van der Waals surface area contributed by atoms with Gasteiger partial charge in [0.15, 0.2) is 0 Å². The van der Waals surface area contributed by atoms with Gasteiger partial charge in [-0.1, -0.05) is 12.1 Å². The van der Waals surface area contributed by atoms with Crippen molar-refractivity contribution in [2.45, 2.75) is 19.3 Å². The first-order chi connectivity index (χ1) is 10.1. The fraction of sp³-hybridized carbons (Fsp3) is 0.467. The molecule has 0 saturated carbocycles. The Hall–Kier alpha value is -1.40. The van der Waals surface area contributed by atoms with Crippen molar-refractivity contribution < 1.29 is 9.59 Å². The van der Waals surface area contributed by atoms with E-state index in [2.05, 4.69) is 21.2 Å². The number of hydrogen-bond acceptors (Lipinski definition) is 3. The summed E-state index contributed by atoms with van der Waals surface area (Å²) in [6, 6.07) is 7.55. The number of carbonyl (C=O) groups is 2. The highest BCUT2D eigenvalue weighted by Gasteiger charge is 2.35. The molecule has 1 atom stereocenters. The van der Waals surface area contributed by atoms with Crippen molar-refractivity contribution in [3.63, 3.8) is 0 Å². The predicted octanol–water partition coefficient (Wildman–Crippen LogP) is 1.66. The average Bonchev–Trinajstić information content (AvgIpc) is 2.86. The SMILES string of the molecule is NCCCCNC(=O)C1CC(=O)N(c2ccccc2Br)C1. The monoisotopic (exact) mass is 353 g/mol. The standard InChI is InChI=1S/C15H20BrN3O2/c16-12-5-1-2-6-13(12)19-10-11(9-14(19)20)15(21)18-8-4-3-7-17/h1-2,5-6,11H,3-4,7-10,17H2,(H,18,21). The van der Waals surface area contributed by atoms with Crippen molar-refractivity contribution in [3.8, 4) is 0 Å². The maximum absolute atomic E-state index is 12.1. The third-order valence-electron chi connectivity index (χ3n) is 3.57. The van der Waals surface area contributed by atoms with Gasteiger partial charge in [0.25, 0.3) is 0 Å². The lowest BCUT2D eigenvalue weighted by atomic mass is 10.1. The highest BCUT2D eigenvalue weighted by molar-refractivity contribution is 9.10. The van der Waals surface area contributed by atoms with Crippen LogP contribution in [0.4, 0.5) is 5.69 Å². The Labute approximate surface area is 133 Å². The maximum atomic E-state index is 12.1. The Kier molecular flexibility index (Phi) is 5.76. The number of carbonyl (C=O) groups excluding carboxylic acids is 2. The van der Waals surface area contributed by atoms with E-state index in [1.54, 1.807) is 4.90 Å². The van der Waals surface area contributed by atoms with Gasteiger partial charge in [-0.3, -0.25) is 9.59 Å². The number of hydrogen-bond donors (Lipinski definition) is 2. The van der Waals surface area contributed by atoms with E-state index >= 15 is 0 Å². The maximum Gasteiger partial charge on any atom is 0.227 e. The second-order valence-corrected chi connectivity index (χ2v) is 6.00. The average molecular weight is 354 g/mol. The highest BCUT2D eigenvalue weighted by atomic mass is 79.9. The lowest BCUT2D eigenvalue weighted by molar-refractivity contribution is -0.126. The summed E-state index contributed by atoms with van der Waals surface area (Å²) in [5.41, 5.74) is 6.23. The molecule has 0 bridgehead atoms. The van der Waals surface area contributed by atoms with E-state index < -0.39 is 0 Å². The van der Waals surface area contributed by atoms with Crippen LogP contribution in [0.1, 0.15) is 19.3 Å². The van der Waals surface area contributed by atoms with Gasteiger partial charge >= 0.3 is 0 Å². The Morgan fingerprint density at radius 2 is 2.14 bits per heavy atom. The second kappa shape index (κ2) is 7.56. The van der Waals surface area contributed by atoms with Crippen LogP contribution >= 0.6 is 15.9 Å². The molecule has 5 nitrogen and oxygen atoms in total. The summed E-state index contributed by atoms with van der Waals surface area (Å²) in [5.74, 6) is -0.332. The molecular formula is C15H20BrN3O2. The highest BCUT2D eigenvalue weighted by Crippen LogP contribution is 2.31. The number of unbranched alkanes of at least 4 members (excludes halogenated alkanes) is 1. The van der Waals surface area contributed by atoms with Gasteiger partial charge in [-0.05, 0) is 47.4 Å². The van der Waals surface area contributed by atoms with Gasteiger partial charge in [0.1, 0.15) is 0 Å². The summed E-state index contributed by atoms with van der Waals surface area (Å²) < 4.78 is 0.863.